The van der Waals surface area contributed by atoms with E-state index in [1.165, 1.54) is 0 Å². The van der Waals surface area contributed by atoms with Gasteiger partial charge in [0, 0.05) is 23.2 Å². The van der Waals surface area contributed by atoms with Crippen LogP contribution in [0.25, 0.3) is 0 Å². The number of rotatable bonds is 7. The van der Waals surface area contributed by atoms with Gasteiger partial charge in [-0.25, -0.2) is 9.37 Å². The van der Waals surface area contributed by atoms with Crippen LogP contribution in [0.1, 0.15) is 46.5 Å². The van der Waals surface area contributed by atoms with Gasteiger partial charge in [0.15, 0.2) is 0 Å². The van der Waals surface area contributed by atoms with Gasteiger partial charge in [0.2, 0.25) is 5.88 Å². The van der Waals surface area contributed by atoms with Crippen LogP contribution in [-0.2, 0) is 0 Å². The van der Waals surface area contributed by atoms with Crippen LogP contribution >= 0.6 is 11.8 Å². The molecule has 0 radical (unpaired) electrons. The number of thioether (sulfide) groups is 1. The molecule has 2 N–H and O–H groups in total. The summed E-state index contributed by atoms with van der Waals surface area (Å²) in [5.74, 6) is -0.691. The number of carbonyl (C=O) groups excluding carboxylic acids is 2. The minimum Gasteiger partial charge on any atom is -0.438 e. The van der Waals surface area contributed by atoms with Gasteiger partial charge in [0.25, 0.3) is 11.8 Å². The van der Waals surface area contributed by atoms with E-state index in [-0.39, 0.29) is 29.4 Å². The highest BCUT2D eigenvalue weighted by molar-refractivity contribution is 7.98. The fourth-order valence-electron chi connectivity index (χ4n) is 3.85. The maximum Gasteiger partial charge on any atom is 0.270 e. The molecule has 0 bridgehead atoms. The fraction of sp³-hybridized carbons (Fsp3) is 0.280. The Kier molecular flexibility index (Phi) is 7.74. The molecule has 1 aromatic carbocycles. The van der Waals surface area contributed by atoms with Gasteiger partial charge in [-0.2, -0.15) is 0 Å². The topological polar surface area (TPSA) is 93.2 Å². The SMILES string of the molecule is CSc1cccc(Oc2ncc(F)cc2C(=O)N[C@H]2CC[C@@H](NC(=O)c3ccccn3)CC2)c1. The molecule has 2 heterocycles. The van der Waals surface area contributed by atoms with Gasteiger partial charge in [-0.15, -0.1) is 11.8 Å². The summed E-state index contributed by atoms with van der Waals surface area (Å²) in [6, 6.07) is 13.6. The second-order valence-corrected chi connectivity index (χ2v) is 8.88. The van der Waals surface area contributed by atoms with Gasteiger partial charge in [0.1, 0.15) is 22.8 Å². The van der Waals surface area contributed by atoms with Crippen molar-refractivity contribution in [1.82, 2.24) is 20.6 Å². The van der Waals surface area contributed by atoms with Gasteiger partial charge in [-0.05, 0) is 68.3 Å². The third-order valence-electron chi connectivity index (χ3n) is 5.61. The van der Waals surface area contributed by atoms with E-state index in [2.05, 4.69) is 20.6 Å². The maximum atomic E-state index is 13.9. The number of nitrogens with one attached hydrogen (secondary N) is 2. The molecule has 2 aromatic heterocycles. The summed E-state index contributed by atoms with van der Waals surface area (Å²) in [7, 11) is 0. The van der Waals surface area contributed by atoms with Crippen LogP contribution in [0, 0.1) is 5.82 Å². The van der Waals surface area contributed by atoms with Crippen LogP contribution in [0.4, 0.5) is 4.39 Å². The van der Waals surface area contributed by atoms with Crippen molar-refractivity contribution in [2.45, 2.75) is 42.7 Å². The van der Waals surface area contributed by atoms with Crippen LogP contribution in [-0.4, -0.2) is 40.1 Å². The zero-order chi connectivity index (χ0) is 23.9. The molecule has 0 saturated heterocycles. The van der Waals surface area contributed by atoms with Crippen LogP contribution in [0.15, 0.2) is 65.8 Å². The second-order valence-electron chi connectivity index (χ2n) is 8.00. The van der Waals surface area contributed by atoms with Crippen molar-refractivity contribution in [2.75, 3.05) is 6.26 Å². The first-order chi connectivity index (χ1) is 16.5. The largest absolute Gasteiger partial charge is 0.438 e. The lowest BCUT2D eigenvalue weighted by molar-refractivity contribution is 0.0887. The Balaban J connectivity index is 1.36. The maximum absolute atomic E-state index is 13.9. The van der Waals surface area contributed by atoms with E-state index >= 15 is 0 Å². The van der Waals surface area contributed by atoms with E-state index in [1.807, 2.05) is 24.5 Å². The molecule has 1 saturated carbocycles. The summed E-state index contributed by atoms with van der Waals surface area (Å²) in [4.78, 5) is 34.3. The Morgan fingerprint density at radius 3 is 2.38 bits per heavy atom. The second kappa shape index (κ2) is 11.1. The molecule has 9 heteroatoms. The summed E-state index contributed by atoms with van der Waals surface area (Å²) >= 11 is 1.56. The van der Waals surface area contributed by atoms with E-state index < -0.39 is 11.7 Å². The van der Waals surface area contributed by atoms with Gasteiger partial charge in [-0.1, -0.05) is 12.1 Å². The molecule has 0 atom stereocenters. The van der Waals surface area contributed by atoms with Crippen molar-refractivity contribution in [2.24, 2.45) is 0 Å². The normalized spacial score (nSPS) is 17.6. The van der Waals surface area contributed by atoms with Crippen molar-refractivity contribution < 1.29 is 18.7 Å². The standard InChI is InChI=1S/C25H25FN4O3S/c1-34-20-6-4-5-19(14-20)33-25-21(13-16(26)15-28-25)23(31)29-17-8-10-18(11-9-17)30-24(32)22-7-2-3-12-27-22/h2-7,12-15,17-18H,8-11H2,1H3,(H,29,31)(H,30,32)/t17-,18+. The van der Waals surface area contributed by atoms with Gasteiger partial charge < -0.3 is 15.4 Å². The molecule has 0 unspecified atom stereocenters. The molecular weight excluding hydrogens is 455 g/mol. The Bertz CT molecular complexity index is 1150. The molecule has 0 aliphatic heterocycles. The van der Waals surface area contributed by atoms with E-state index in [0.717, 1.165) is 30.0 Å². The van der Waals surface area contributed by atoms with Gasteiger partial charge >= 0.3 is 0 Å². The molecule has 7 nitrogen and oxygen atoms in total. The Hall–Kier alpha value is -3.46. The van der Waals surface area contributed by atoms with E-state index in [9.17, 15) is 14.0 Å². The number of aromatic nitrogens is 2. The Morgan fingerprint density at radius 2 is 1.71 bits per heavy atom. The lowest BCUT2D eigenvalue weighted by Gasteiger charge is -2.29. The highest BCUT2D eigenvalue weighted by Gasteiger charge is 2.26. The highest BCUT2D eigenvalue weighted by atomic mass is 32.2. The molecule has 4 rings (SSSR count). The zero-order valence-corrected chi connectivity index (χ0v) is 19.5. The number of amides is 2. The first-order valence-electron chi connectivity index (χ1n) is 11.0. The minimum atomic E-state index is -0.615. The van der Waals surface area contributed by atoms with E-state index in [1.54, 1.807) is 42.2 Å². The van der Waals surface area contributed by atoms with Gasteiger partial charge in [0.05, 0.1) is 6.20 Å². The highest BCUT2D eigenvalue weighted by Crippen LogP contribution is 2.28. The average Bonchev–Trinajstić information content (AvgIpc) is 2.87. The number of ether oxygens (including phenoxy) is 1. The van der Waals surface area contributed by atoms with Crippen LogP contribution < -0.4 is 15.4 Å². The summed E-state index contributed by atoms with van der Waals surface area (Å²) in [6.07, 6.45) is 7.37. The summed E-state index contributed by atoms with van der Waals surface area (Å²) in [5.41, 5.74) is 0.423. The minimum absolute atomic E-state index is 0.0149. The monoisotopic (exact) mass is 480 g/mol. The first kappa shape index (κ1) is 23.7. The van der Waals surface area contributed by atoms with Crippen molar-refractivity contribution in [3.05, 3.63) is 78.0 Å². The summed E-state index contributed by atoms with van der Waals surface area (Å²) in [6.45, 7) is 0. The predicted molar refractivity (Wildman–Crippen MR) is 128 cm³/mol. The summed E-state index contributed by atoms with van der Waals surface area (Å²) < 4.78 is 19.7. The van der Waals surface area contributed by atoms with Crippen molar-refractivity contribution in [3.8, 4) is 11.6 Å². The molecule has 1 fully saturated rings. The zero-order valence-electron chi connectivity index (χ0n) is 18.7. The molecular formula is C25H25FN4O3S. The van der Waals surface area contributed by atoms with E-state index in [0.29, 0.717) is 24.3 Å². The first-order valence-corrected chi connectivity index (χ1v) is 12.2. The molecule has 1 aliphatic rings. The smallest absolute Gasteiger partial charge is 0.270 e. The number of carbonyl (C=O) groups is 2. The van der Waals surface area contributed by atoms with Crippen LogP contribution in [0.3, 0.4) is 0 Å². The predicted octanol–water partition coefficient (Wildman–Crippen LogP) is 4.60. The number of hydrogen-bond acceptors (Lipinski definition) is 6. The quantitative estimate of drug-likeness (QED) is 0.480. The van der Waals surface area contributed by atoms with Crippen molar-refractivity contribution in [3.63, 3.8) is 0 Å². The number of nitrogens with zero attached hydrogens (tertiary/aromatic N) is 2. The average molecular weight is 481 g/mol. The molecule has 0 spiro atoms. The van der Waals surface area contributed by atoms with Crippen LogP contribution in [0.5, 0.6) is 11.6 Å². The number of hydrogen-bond donors (Lipinski definition) is 2. The molecule has 34 heavy (non-hydrogen) atoms. The van der Waals surface area contributed by atoms with Gasteiger partial charge in [-0.3, -0.25) is 14.6 Å². The van der Waals surface area contributed by atoms with E-state index in [4.69, 9.17) is 4.74 Å². The number of halogens is 1. The third-order valence-corrected chi connectivity index (χ3v) is 6.34. The van der Waals surface area contributed by atoms with Crippen LogP contribution in [0.2, 0.25) is 0 Å². The molecule has 2 amide bonds. The third kappa shape index (κ3) is 6.11. The number of pyridine rings is 2. The molecule has 176 valence electrons. The Labute approximate surface area is 201 Å². The summed E-state index contributed by atoms with van der Waals surface area (Å²) in [5, 5.41) is 5.96. The molecule has 3 aromatic rings. The number of benzene rings is 1. The molecule has 1 aliphatic carbocycles. The lowest BCUT2D eigenvalue weighted by Crippen LogP contribution is -2.44. The Morgan fingerprint density at radius 1 is 0.971 bits per heavy atom. The fourth-order valence-corrected chi connectivity index (χ4v) is 4.30. The lowest BCUT2D eigenvalue weighted by atomic mass is 9.91. The van der Waals surface area contributed by atoms with Crippen molar-refractivity contribution in [1.29, 1.82) is 0 Å². The van der Waals surface area contributed by atoms with Crippen molar-refractivity contribution >= 4 is 23.6 Å².